The van der Waals surface area contributed by atoms with Crippen molar-refractivity contribution in [3.05, 3.63) is 34.4 Å². The van der Waals surface area contributed by atoms with Gasteiger partial charge in [-0.3, -0.25) is 10.1 Å². The largest absolute Gasteiger partial charge is 1.00 e. The van der Waals surface area contributed by atoms with Crippen LogP contribution in [0.15, 0.2) is 24.3 Å². The van der Waals surface area contributed by atoms with Crippen molar-refractivity contribution >= 4 is 5.69 Å². The fraction of sp³-hybridized carbons (Fsp3) is 0. The first-order valence-corrected chi connectivity index (χ1v) is 2.61. The Balaban J connectivity index is -0.000000333. The smallest absolute Gasteiger partial charge is 0.872 e. The molecule has 0 atom stereocenters. The summed E-state index contributed by atoms with van der Waals surface area (Å²) in [6.45, 7) is 0. The third-order valence-corrected chi connectivity index (χ3v) is 1.05. The summed E-state index contributed by atoms with van der Waals surface area (Å²) in [4.78, 5) is 9.47. The van der Waals surface area contributed by atoms with Crippen molar-refractivity contribution in [3.8, 4) is 5.75 Å². The minimum absolute atomic E-state index is 0. The normalized spacial score (nSPS) is 7.08. The molecular formula is C6H5NNa2O4. The Hall–Kier alpha value is 0.380. The van der Waals surface area contributed by atoms with E-state index < -0.39 is 4.92 Å². The number of rotatable bonds is 1. The SMILES string of the molecule is O=[N+]([O-])c1ccc([O-])cc1.[Na+].[Na+].[OH-]. The predicted octanol–water partition coefficient (Wildman–Crippen LogP) is -5.50. The molecule has 60 valence electrons. The van der Waals surface area contributed by atoms with Crippen LogP contribution < -0.4 is 64.2 Å². The van der Waals surface area contributed by atoms with Gasteiger partial charge in [0.05, 0.1) is 4.92 Å². The third-order valence-electron chi connectivity index (χ3n) is 1.05. The van der Waals surface area contributed by atoms with Gasteiger partial charge >= 0.3 is 59.1 Å². The third kappa shape index (κ3) is 6.45. The van der Waals surface area contributed by atoms with Gasteiger partial charge in [-0.05, 0) is 0 Å². The van der Waals surface area contributed by atoms with Crippen molar-refractivity contribution in [2.75, 3.05) is 0 Å². The van der Waals surface area contributed by atoms with Gasteiger partial charge < -0.3 is 10.6 Å². The van der Waals surface area contributed by atoms with Crippen LogP contribution in [0, 0.1) is 10.1 Å². The Bertz CT molecular complexity index is 251. The van der Waals surface area contributed by atoms with Crippen molar-refractivity contribution in [1.82, 2.24) is 0 Å². The maximum atomic E-state index is 10.4. The van der Waals surface area contributed by atoms with Gasteiger partial charge in [-0.15, -0.1) is 5.75 Å². The van der Waals surface area contributed by atoms with Crippen LogP contribution in [-0.2, 0) is 0 Å². The standard InChI is InChI=1S/C6H5NO3.2Na.H2O/c8-6-3-1-5(2-4-6)7(9)10;;;/h1-4,8H;;;1H2/q;2*+1;/p-2. The zero-order valence-electron chi connectivity index (χ0n) is 7.43. The van der Waals surface area contributed by atoms with Crippen LogP contribution in [0.4, 0.5) is 5.69 Å². The van der Waals surface area contributed by atoms with Crippen molar-refractivity contribution in [3.63, 3.8) is 0 Å². The van der Waals surface area contributed by atoms with E-state index in [9.17, 15) is 15.2 Å². The van der Waals surface area contributed by atoms with Crippen molar-refractivity contribution in [2.24, 2.45) is 0 Å². The van der Waals surface area contributed by atoms with Crippen molar-refractivity contribution < 1.29 is 74.6 Å². The molecule has 1 N–H and O–H groups in total. The predicted molar refractivity (Wildman–Crippen MR) is 34.5 cm³/mol. The van der Waals surface area contributed by atoms with E-state index in [1.165, 1.54) is 12.1 Å². The molecule has 1 aromatic carbocycles. The van der Waals surface area contributed by atoms with E-state index in [1.54, 1.807) is 0 Å². The quantitative estimate of drug-likeness (QED) is 0.257. The maximum Gasteiger partial charge on any atom is 1.00 e. The van der Waals surface area contributed by atoms with E-state index in [2.05, 4.69) is 0 Å². The zero-order valence-corrected chi connectivity index (χ0v) is 11.4. The van der Waals surface area contributed by atoms with Gasteiger partial charge in [0.15, 0.2) is 0 Å². The minimum atomic E-state index is -0.542. The van der Waals surface area contributed by atoms with Gasteiger partial charge in [0, 0.05) is 12.1 Å². The van der Waals surface area contributed by atoms with Crippen molar-refractivity contribution in [2.45, 2.75) is 0 Å². The van der Waals surface area contributed by atoms with Crippen molar-refractivity contribution in [1.29, 1.82) is 0 Å². The van der Waals surface area contributed by atoms with Gasteiger partial charge in [-0.2, -0.15) is 0 Å². The summed E-state index contributed by atoms with van der Waals surface area (Å²) in [5, 5.41) is 20.4. The summed E-state index contributed by atoms with van der Waals surface area (Å²) in [6.07, 6.45) is 0. The molecule has 1 aromatic rings. The Morgan fingerprint density at radius 2 is 1.46 bits per heavy atom. The molecule has 0 aliphatic carbocycles. The molecule has 0 saturated carbocycles. The van der Waals surface area contributed by atoms with Gasteiger partial charge in [0.25, 0.3) is 5.69 Å². The van der Waals surface area contributed by atoms with E-state index in [4.69, 9.17) is 0 Å². The van der Waals surface area contributed by atoms with Gasteiger partial charge in [0.2, 0.25) is 0 Å². The fourth-order valence-corrected chi connectivity index (χ4v) is 0.568. The molecule has 0 amide bonds. The first-order valence-electron chi connectivity index (χ1n) is 2.61. The molecule has 0 saturated heterocycles. The average Bonchev–Trinajstić information content (AvgIpc) is 1.88. The molecule has 0 bridgehead atoms. The minimum Gasteiger partial charge on any atom is -0.872 e. The molecule has 13 heavy (non-hydrogen) atoms. The van der Waals surface area contributed by atoms with E-state index in [0.717, 1.165) is 12.1 Å². The number of non-ortho nitro benzene ring substituents is 1. The monoisotopic (exact) mass is 201 g/mol. The molecular weight excluding hydrogens is 196 g/mol. The summed E-state index contributed by atoms with van der Waals surface area (Å²) in [7, 11) is 0. The summed E-state index contributed by atoms with van der Waals surface area (Å²) in [5.74, 6) is -0.217. The van der Waals surface area contributed by atoms with Crippen LogP contribution in [0.2, 0.25) is 0 Å². The van der Waals surface area contributed by atoms with Crippen LogP contribution in [-0.4, -0.2) is 10.4 Å². The molecule has 0 fully saturated rings. The number of nitrogens with zero attached hydrogens (tertiary/aromatic N) is 1. The Morgan fingerprint density at radius 1 is 1.08 bits per heavy atom. The second-order valence-corrected chi connectivity index (χ2v) is 1.75. The summed E-state index contributed by atoms with van der Waals surface area (Å²) in [5.41, 5.74) is -0.0559. The fourth-order valence-electron chi connectivity index (χ4n) is 0.568. The second kappa shape index (κ2) is 8.96. The summed E-state index contributed by atoms with van der Waals surface area (Å²) >= 11 is 0. The molecule has 0 aliphatic heterocycles. The van der Waals surface area contributed by atoms with Gasteiger partial charge in [-0.25, -0.2) is 0 Å². The van der Waals surface area contributed by atoms with E-state index in [-0.39, 0.29) is 76.0 Å². The zero-order chi connectivity index (χ0) is 7.56. The number of hydrogen-bond donors (Lipinski definition) is 0. The average molecular weight is 201 g/mol. The number of nitro groups is 1. The van der Waals surface area contributed by atoms with Gasteiger partial charge in [0.1, 0.15) is 0 Å². The van der Waals surface area contributed by atoms with E-state index in [1.807, 2.05) is 0 Å². The van der Waals surface area contributed by atoms with Crippen LogP contribution in [0.25, 0.3) is 0 Å². The Kier molecular flexibility index (Phi) is 13.1. The van der Waals surface area contributed by atoms with Crippen LogP contribution in [0.3, 0.4) is 0 Å². The molecule has 7 heteroatoms. The molecule has 0 aliphatic rings. The Labute approximate surface area is 119 Å². The molecule has 0 unspecified atom stereocenters. The second-order valence-electron chi connectivity index (χ2n) is 1.75. The molecule has 0 radical (unpaired) electrons. The Morgan fingerprint density at radius 3 is 1.77 bits per heavy atom. The van der Waals surface area contributed by atoms with E-state index >= 15 is 0 Å². The van der Waals surface area contributed by atoms with E-state index in [0.29, 0.717) is 0 Å². The molecule has 1 rings (SSSR count). The topological polar surface area (TPSA) is 96.2 Å². The maximum absolute atomic E-state index is 10.4. The summed E-state index contributed by atoms with van der Waals surface area (Å²) < 4.78 is 0. The molecule has 5 nitrogen and oxygen atoms in total. The number of benzene rings is 1. The van der Waals surface area contributed by atoms with Gasteiger partial charge in [-0.1, -0.05) is 12.1 Å². The molecule has 0 aromatic heterocycles. The van der Waals surface area contributed by atoms with Crippen LogP contribution in [0.5, 0.6) is 5.75 Å². The number of hydrogen-bond acceptors (Lipinski definition) is 4. The first-order chi connectivity index (χ1) is 4.70. The molecule has 0 heterocycles. The molecule has 0 spiro atoms. The van der Waals surface area contributed by atoms with Crippen LogP contribution in [0.1, 0.15) is 0 Å². The first kappa shape index (κ1) is 19.0. The summed E-state index contributed by atoms with van der Waals surface area (Å²) in [6, 6.07) is 4.70. The van der Waals surface area contributed by atoms with Crippen LogP contribution >= 0.6 is 0 Å². The number of nitro benzene ring substituents is 1.